The van der Waals surface area contributed by atoms with Crippen LogP contribution in [0.1, 0.15) is 49.3 Å². The van der Waals surface area contributed by atoms with E-state index in [2.05, 4.69) is 20.4 Å². The van der Waals surface area contributed by atoms with E-state index in [0.29, 0.717) is 12.5 Å². The van der Waals surface area contributed by atoms with Gasteiger partial charge in [-0.3, -0.25) is 9.36 Å². The van der Waals surface area contributed by atoms with Crippen molar-refractivity contribution in [2.24, 2.45) is 5.41 Å². The van der Waals surface area contributed by atoms with E-state index in [9.17, 15) is 13.2 Å². The molecule has 3 heterocycles. The van der Waals surface area contributed by atoms with Gasteiger partial charge in [0.2, 0.25) is 11.8 Å². The van der Waals surface area contributed by atoms with Crippen molar-refractivity contribution in [3.63, 3.8) is 0 Å². The second kappa shape index (κ2) is 8.82. The molecule has 1 N–H and O–H groups in total. The van der Waals surface area contributed by atoms with E-state index >= 15 is 0 Å². The van der Waals surface area contributed by atoms with Crippen LogP contribution in [0.25, 0.3) is 0 Å². The van der Waals surface area contributed by atoms with Crippen LogP contribution in [0.2, 0.25) is 0 Å². The fourth-order valence-electron chi connectivity index (χ4n) is 4.53. The summed E-state index contributed by atoms with van der Waals surface area (Å²) in [6.45, 7) is 7.40. The standard InChI is InChI=1S/C22H31N5O4S/c1-16(2)23-20(28)19-24-25-21(26-11-10-22(14-26)9-4-12-31-15-22)27(19)13-17-5-7-18(8-6-17)32(3,29)30/h5-8,16H,4,9-15H2,1-3H3,(H,23,28). The highest BCUT2D eigenvalue weighted by molar-refractivity contribution is 7.90. The Morgan fingerprint density at radius 2 is 1.97 bits per heavy atom. The van der Waals surface area contributed by atoms with Crippen LogP contribution in [-0.2, 0) is 21.1 Å². The molecule has 2 fully saturated rings. The molecule has 174 valence electrons. The van der Waals surface area contributed by atoms with Crippen LogP contribution in [0.5, 0.6) is 0 Å². The van der Waals surface area contributed by atoms with Gasteiger partial charge in [-0.05, 0) is 50.8 Å². The molecular formula is C22H31N5O4S. The summed E-state index contributed by atoms with van der Waals surface area (Å²) < 4.78 is 31.2. The van der Waals surface area contributed by atoms with Crippen molar-refractivity contribution in [2.75, 3.05) is 37.5 Å². The summed E-state index contributed by atoms with van der Waals surface area (Å²) in [5.74, 6) is 0.636. The number of hydrogen-bond acceptors (Lipinski definition) is 7. The van der Waals surface area contributed by atoms with Crippen molar-refractivity contribution in [3.05, 3.63) is 35.7 Å². The molecule has 0 bridgehead atoms. The van der Waals surface area contributed by atoms with Crippen molar-refractivity contribution in [1.82, 2.24) is 20.1 Å². The third-order valence-electron chi connectivity index (χ3n) is 6.17. The summed E-state index contributed by atoms with van der Waals surface area (Å²) in [4.78, 5) is 15.3. The van der Waals surface area contributed by atoms with Gasteiger partial charge < -0.3 is 15.0 Å². The Hall–Kier alpha value is -2.46. The molecule has 1 amide bonds. The Kier molecular flexibility index (Phi) is 6.26. The van der Waals surface area contributed by atoms with E-state index in [4.69, 9.17) is 4.74 Å². The first-order valence-corrected chi connectivity index (χ1v) is 12.9. The molecule has 4 rings (SSSR count). The number of rotatable bonds is 6. The molecule has 2 saturated heterocycles. The van der Waals surface area contributed by atoms with Gasteiger partial charge in [-0.15, -0.1) is 10.2 Å². The number of amides is 1. The molecule has 2 aliphatic heterocycles. The summed E-state index contributed by atoms with van der Waals surface area (Å²) in [6.07, 6.45) is 4.41. The van der Waals surface area contributed by atoms with Crippen molar-refractivity contribution >= 4 is 21.7 Å². The van der Waals surface area contributed by atoms with E-state index < -0.39 is 9.84 Å². The molecular weight excluding hydrogens is 430 g/mol. The van der Waals surface area contributed by atoms with Gasteiger partial charge in [0.25, 0.3) is 5.91 Å². The van der Waals surface area contributed by atoms with Gasteiger partial charge >= 0.3 is 0 Å². The molecule has 1 unspecified atom stereocenters. The largest absolute Gasteiger partial charge is 0.381 e. The number of anilines is 1. The zero-order valence-electron chi connectivity index (χ0n) is 18.9. The predicted molar refractivity (Wildman–Crippen MR) is 121 cm³/mol. The van der Waals surface area contributed by atoms with Crippen LogP contribution in [-0.4, -0.2) is 67.7 Å². The number of sulfone groups is 1. The maximum atomic E-state index is 12.8. The number of ether oxygens (including phenoxy) is 1. The molecule has 0 radical (unpaired) electrons. The Bertz CT molecular complexity index is 1070. The predicted octanol–water partition coefficient (Wildman–Crippen LogP) is 1.88. The van der Waals surface area contributed by atoms with E-state index in [-0.39, 0.29) is 28.1 Å². The van der Waals surface area contributed by atoms with Gasteiger partial charge in [0.05, 0.1) is 18.0 Å². The molecule has 10 heteroatoms. The summed E-state index contributed by atoms with van der Waals surface area (Å²) in [6, 6.07) is 6.69. The normalized spacial score (nSPS) is 21.4. The summed E-state index contributed by atoms with van der Waals surface area (Å²) in [5.41, 5.74) is 0.999. The SMILES string of the molecule is CC(C)NC(=O)c1nnc(N2CCC3(CCCOC3)C2)n1Cc1ccc(S(C)(=O)=O)cc1. The number of carbonyl (C=O) groups excluding carboxylic acids is 1. The topological polar surface area (TPSA) is 106 Å². The van der Waals surface area contributed by atoms with E-state index in [0.717, 1.165) is 51.1 Å². The molecule has 32 heavy (non-hydrogen) atoms. The number of benzene rings is 1. The third kappa shape index (κ3) is 4.80. The van der Waals surface area contributed by atoms with E-state index in [1.807, 2.05) is 18.4 Å². The third-order valence-corrected chi connectivity index (χ3v) is 7.30. The lowest BCUT2D eigenvalue weighted by Crippen LogP contribution is -2.36. The zero-order chi connectivity index (χ0) is 22.9. The smallest absolute Gasteiger partial charge is 0.289 e. The lowest BCUT2D eigenvalue weighted by atomic mass is 9.82. The molecule has 2 aromatic rings. The van der Waals surface area contributed by atoms with Crippen LogP contribution >= 0.6 is 0 Å². The first kappa shape index (κ1) is 22.7. The Labute approximate surface area is 189 Å². The number of aromatic nitrogens is 3. The van der Waals surface area contributed by atoms with E-state index in [1.54, 1.807) is 24.3 Å². The fourth-order valence-corrected chi connectivity index (χ4v) is 5.16. The molecule has 1 spiro atoms. The van der Waals surface area contributed by atoms with Crippen molar-refractivity contribution < 1.29 is 17.9 Å². The lowest BCUT2D eigenvalue weighted by Gasteiger charge is -2.33. The molecule has 1 atom stereocenters. The second-order valence-corrected chi connectivity index (χ2v) is 11.3. The number of nitrogens with zero attached hydrogens (tertiary/aromatic N) is 4. The Morgan fingerprint density at radius 1 is 1.22 bits per heavy atom. The van der Waals surface area contributed by atoms with Gasteiger partial charge in [0.15, 0.2) is 9.84 Å². The average molecular weight is 462 g/mol. The number of hydrogen-bond donors (Lipinski definition) is 1. The van der Waals surface area contributed by atoms with Crippen LogP contribution in [0.15, 0.2) is 29.2 Å². The van der Waals surface area contributed by atoms with Crippen molar-refractivity contribution in [2.45, 2.75) is 50.6 Å². The molecule has 9 nitrogen and oxygen atoms in total. The molecule has 1 aromatic carbocycles. The molecule has 0 saturated carbocycles. The van der Waals surface area contributed by atoms with Gasteiger partial charge in [-0.2, -0.15) is 0 Å². The van der Waals surface area contributed by atoms with Gasteiger partial charge in [0, 0.05) is 37.4 Å². The van der Waals surface area contributed by atoms with Crippen molar-refractivity contribution in [1.29, 1.82) is 0 Å². The number of nitrogens with one attached hydrogen (secondary N) is 1. The van der Waals surface area contributed by atoms with Crippen LogP contribution < -0.4 is 10.2 Å². The minimum atomic E-state index is -3.27. The minimum Gasteiger partial charge on any atom is -0.381 e. The van der Waals surface area contributed by atoms with Crippen LogP contribution in [0.3, 0.4) is 0 Å². The molecule has 2 aliphatic rings. The Balaban J connectivity index is 1.64. The van der Waals surface area contributed by atoms with Crippen molar-refractivity contribution in [3.8, 4) is 0 Å². The first-order chi connectivity index (χ1) is 15.2. The molecule has 0 aliphatic carbocycles. The lowest BCUT2D eigenvalue weighted by molar-refractivity contribution is 0.00433. The Morgan fingerprint density at radius 3 is 2.59 bits per heavy atom. The highest BCUT2D eigenvalue weighted by Crippen LogP contribution is 2.39. The summed E-state index contributed by atoms with van der Waals surface area (Å²) in [5, 5.41) is 11.5. The fraction of sp³-hybridized carbons (Fsp3) is 0.591. The minimum absolute atomic E-state index is 0.0282. The van der Waals surface area contributed by atoms with Gasteiger partial charge in [0.1, 0.15) is 0 Å². The highest BCUT2D eigenvalue weighted by atomic mass is 32.2. The summed E-state index contributed by atoms with van der Waals surface area (Å²) in [7, 11) is -3.27. The van der Waals surface area contributed by atoms with Crippen LogP contribution in [0, 0.1) is 5.41 Å². The average Bonchev–Trinajstić information content (AvgIpc) is 3.32. The van der Waals surface area contributed by atoms with Gasteiger partial charge in [-0.1, -0.05) is 12.1 Å². The maximum absolute atomic E-state index is 12.8. The quantitative estimate of drug-likeness (QED) is 0.700. The van der Waals surface area contributed by atoms with E-state index in [1.165, 1.54) is 6.26 Å². The maximum Gasteiger partial charge on any atom is 0.289 e. The second-order valence-electron chi connectivity index (χ2n) is 9.28. The first-order valence-electron chi connectivity index (χ1n) is 11.0. The van der Waals surface area contributed by atoms with Crippen LogP contribution in [0.4, 0.5) is 5.95 Å². The zero-order valence-corrected chi connectivity index (χ0v) is 19.7. The summed E-state index contributed by atoms with van der Waals surface area (Å²) >= 11 is 0. The molecule has 1 aromatic heterocycles. The number of carbonyl (C=O) groups is 1. The van der Waals surface area contributed by atoms with Gasteiger partial charge in [-0.25, -0.2) is 8.42 Å². The monoisotopic (exact) mass is 461 g/mol. The highest BCUT2D eigenvalue weighted by Gasteiger charge is 2.41.